The zero-order valence-corrected chi connectivity index (χ0v) is 10.8. The summed E-state index contributed by atoms with van der Waals surface area (Å²) in [5.41, 5.74) is 1.27. The Labute approximate surface area is 99.0 Å². The van der Waals surface area contributed by atoms with Gasteiger partial charge in [-0.15, -0.1) is 0 Å². The highest BCUT2D eigenvalue weighted by Gasteiger charge is 2.19. The van der Waals surface area contributed by atoms with Crippen molar-refractivity contribution in [3.8, 4) is 5.75 Å². The van der Waals surface area contributed by atoms with Crippen LogP contribution in [0.2, 0.25) is 0 Å². The first-order chi connectivity index (χ1) is 7.74. The molecule has 0 bridgehead atoms. The topological polar surface area (TPSA) is 21.3 Å². The summed E-state index contributed by atoms with van der Waals surface area (Å²) in [6.07, 6.45) is 1.16. The average molecular weight is 221 g/mol. The molecule has 2 unspecified atom stereocenters. The summed E-state index contributed by atoms with van der Waals surface area (Å²) in [6, 6.07) is 8.65. The summed E-state index contributed by atoms with van der Waals surface area (Å²) < 4.78 is 5.43. The minimum absolute atomic E-state index is 0.381. The number of rotatable bonds is 6. The number of benzene rings is 1. The minimum Gasteiger partial charge on any atom is -0.496 e. The van der Waals surface area contributed by atoms with Crippen molar-refractivity contribution in [3.05, 3.63) is 29.8 Å². The highest BCUT2D eigenvalue weighted by atomic mass is 16.5. The highest BCUT2D eigenvalue weighted by Crippen LogP contribution is 2.31. The molecule has 0 radical (unpaired) electrons. The fraction of sp³-hybridized carbons (Fsp3) is 0.571. The van der Waals surface area contributed by atoms with Gasteiger partial charge in [0.25, 0.3) is 0 Å². The van der Waals surface area contributed by atoms with E-state index in [-0.39, 0.29) is 0 Å². The Balaban J connectivity index is 2.99. The molecule has 0 saturated carbocycles. The van der Waals surface area contributed by atoms with Crippen LogP contribution >= 0.6 is 0 Å². The van der Waals surface area contributed by atoms with Gasteiger partial charge in [0.05, 0.1) is 7.11 Å². The molecule has 0 amide bonds. The van der Waals surface area contributed by atoms with Gasteiger partial charge in [0.1, 0.15) is 5.75 Å². The summed E-state index contributed by atoms with van der Waals surface area (Å²) in [7, 11) is 1.73. The van der Waals surface area contributed by atoms with Crippen LogP contribution in [0, 0.1) is 5.92 Å². The van der Waals surface area contributed by atoms with Crippen LogP contribution < -0.4 is 10.1 Å². The van der Waals surface area contributed by atoms with Crippen molar-refractivity contribution < 1.29 is 4.74 Å². The van der Waals surface area contributed by atoms with Crippen LogP contribution in [-0.4, -0.2) is 13.7 Å². The molecule has 90 valence electrons. The van der Waals surface area contributed by atoms with E-state index < -0.39 is 0 Å². The van der Waals surface area contributed by atoms with Crippen LogP contribution in [0.4, 0.5) is 0 Å². The van der Waals surface area contributed by atoms with Crippen molar-refractivity contribution in [3.63, 3.8) is 0 Å². The van der Waals surface area contributed by atoms with Crippen LogP contribution in [-0.2, 0) is 0 Å². The molecule has 0 aliphatic heterocycles. The Morgan fingerprint density at radius 1 is 1.25 bits per heavy atom. The van der Waals surface area contributed by atoms with Gasteiger partial charge in [-0.2, -0.15) is 0 Å². The fourth-order valence-corrected chi connectivity index (χ4v) is 2.00. The first kappa shape index (κ1) is 13.0. The van der Waals surface area contributed by atoms with E-state index >= 15 is 0 Å². The molecule has 0 fully saturated rings. The van der Waals surface area contributed by atoms with E-state index in [0.29, 0.717) is 12.0 Å². The van der Waals surface area contributed by atoms with Crippen molar-refractivity contribution in [1.82, 2.24) is 5.32 Å². The maximum Gasteiger partial charge on any atom is 0.123 e. The molecule has 2 heteroatoms. The molecule has 16 heavy (non-hydrogen) atoms. The van der Waals surface area contributed by atoms with Crippen LogP contribution in [0.15, 0.2) is 24.3 Å². The van der Waals surface area contributed by atoms with Gasteiger partial charge in [-0.25, -0.2) is 0 Å². The standard InChI is InChI=1S/C14H23NO/c1-5-11(3)14(15-6-2)12-9-7-8-10-13(12)16-4/h7-11,14-15H,5-6H2,1-4H3. The predicted octanol–water partition coefficient (Wildman–Crippen LogP) is 3.39. The zero-order chi connectivity index (χ0) is 12.0. The van der Waals surface area contributed by atoms with Crippen molar-refractivity contribution in [2.45, 2.75) is 33.2 Å². The monoisotopic (exact) mass is 221 g/mol. The third-order valence-electron chi connectivity index (χ3n) is 3.11. The molecule has 1 rings (SSSR count). The summed E-state index contributed by atoms with van der Waals surface area (Å²) >= 11 is 0. The van der Waals surface area contributed by atoms with E-state index in [4.69, 9.17) is 4.74 Å². The number of nitrogens with one attached hydrogen (secondary N) is 1. The molecule has 0 aliphatic carbocycles. The Hall–Kier alpha value is -1.02. The quantitative estimate of drug-likeness (QED) is 0.795. The molecule has 1 aromatic rings. The van der Waals surface area contributed by atoms with E-state index in [0.717, 1.165) is 18.7 Å². The smallest absolute Gasteiger partial charge is 0.123 e. The van der Waals surface area contributed by atoms with E-state index in [1.807, 2.05) is 12.1 Å². The zero-order valence-electron chi connectivity index (χ0n) is 10.8. The molecule has 0 spiro atoms. The van der Waals surface area contributed by atoms with Gasteiger partial charge in [0.15, 0.2) is 0 Å². The van der Waals surface area contributed by atoms with Crippen LogP contribution in [0.5, 0.6) is 5.75 Å². The second-order valence-electron chi connectivity index (χ2n) is 4.16. The molecule has 1 aromatic carbocycles. The summed E-state index contributed by atoms with van der Waals surface area (Å²) in [4.78, 5) is 0. The maximum absolute atomic E-state index is 5.43. The summed E-state index contributed by atoms with van der Waals surface area (Å²) in [5.74, 6) is 1.59. The van der Waals surface area contributed by atoms with Gasteiger partial charge in [-0.3, -0.25) is 0 Å². The fourth-order valence-electron chi connectivity index (χ4n) is 2.00. The molecular formula is C14H23NO. The minimum atomic E-state index is 0.381. The van der Waals surface area contributed by atoms with E-state index in [9.17, 15) is 0 Å². The average Bonchev–Trinajstić information content (AvgIpc) is 2.35. The molecule has 0 aliphatic rings. The van der Waals surface area contributed by atoms with Crippen LogP contribution in [0.25, 0.3) is 0 Å². The van der Waals surface area contributed by atoms with Gasteiger partial charge in [0, 0.05) is 11.6 Å². The van der Waals surface area contributed by atoms with Crippen molar-refractivity contribution >= 4 is 0 Å². The first-order valence-corrected chi connectivity index (χ1v) is 6.10. The number of hydrogen-bond donors (Lipinski definition) is 1. The normalized spacial score (nSPS) is 14.5. The molecule has 1 N–H and O–H groups in total. The Morgan fingerprint density at radius 2 is 1.94 bits per heavy atom. The number of hydrogen-bond acceptors (Lipinski definition) is 2. The van der Waals surface area contributed by atoms with Crippen molar-refractivity contribution in [2.24, 2.45) is 5.92 Å². The number of methoxy groups -OCH3 is 1. The molecule has 0 saturated heterocycles. The third-order valence-corrected chi connectivity index (χ3v) is 3.11. The third kappa shape index (κ3) is 2.99. The Morgan fingerprint density at radius 3 is 2.50 bits per heavy atom. The van der Waals surface area contributed by atoms with E-state index in [1.54, 1.807) is 7.11 Å². The predicted molar refractivity (Wildman–Crippen MR) is 68.9 cm³/mol. The molecule has 2 nitrogen and oxygen atoms in total. The van der Waals surface area contributed by atoms with Crippen LogP contribution in [0.3, 0.4) is 0 Å². The van der Waals surface area contributed by atoms with Gasteiger partial charge >= 0.3 is 0 Å². The highest BCUT2D eigenvalue weighted by molar-refractivity contribution is 5.36. The first-order valence-electron chi connectivity index (χ1n) is 6.10. The van der Waals surface area contributed by atoms with Gasteiger partial charge in [-0.1, -0.05) is 45.4 Å². The number of para-hydroxylation sites is 1. The summed E-state index contributed by atoms with van der Waals surface area (Å²) in [6.45, 7) is 7.63. The Bertz CT molecular complexity index is 311. The second kappa shape index (κ2) is 6.54. The molecule has 0 heterocycles. The lowest BCUT2D eigenvalue weighted by molar-refractivity contribution is 0.355. The largest absolute Gasteiger partial charge is 0.496 e. The molecule has 2 atom stereocenters. The van der Waals surface area contributed by atoms with Crippen molar-refractivity contribution in [2.75, 3.05) is 13.7 Å². The van der Waals surface area contributed by atoms with Gasteiger partial charge < -0.3 is 10.1 Å². The van der Waals surface area contributed by atoms with Crippen molar-refractivity contribution in [1.29, 1.82) is 0 Å². The van der Waals surface area contributed by atoms with E-state index in [1.165, 1.54) is 5.56 Å². The number of ether oxygens (including phenoxy) is 1. The summed E-state index contributed by atoms with van der Waals surface area (Å²) in [5, 5.41) is 3.54. The molecular weight excluding hydrogens is 198 g/mol. The van der Waals surface area contributed by atoms with Gasteiger partial charge in [-0.05, 0) is 18.5 Å². The van der Waals surface area contributed by atoms with E-state index in [2.05, 4.69) is 38.2 Å². The SMILES string of the molecule is CCNC(c1ccccc1OC)C(C)CC. The lowest BCUT2D eigenvalue weighted by Crippen LogP contribution is -2.26. The lowest BCUT2D eigenvalue weighted by atomic mass is 9.92. The molecule has 0 aromatic heterocycles. The second-order valence-corrected chi connectivity index (χ2v) is 4.16. The Kier molecular flexibility index (Phi) is 5.33. The lowest BCUT2D eigenvalue weighted by Gasteiger charge is -2.25. The maximum atomic E-state index is 5.43. The van der Waals surface area contributed by atoms with Gasteiger partial charge in [0.2, 0.25) is 0 Å². The van der Waals surface area contributed by atoms with Crippen LogP contribution in [0.1, 0.15) is 38.8 Å².